The lowest BCUT2D eigenvalue weighted by atomic mass is 10.3. The fraction of sp³-hybridized carbons (Fsp3) is 0.900. The second-order valence-electron chi connectivity index (χ2n) is 3.48. The van der Waals surface area contributed by atoms with E-state index >= 15 is 0 Å². The lowest BCUT2D eigenvalue weighted by Gasteiger charge is -2.08. The number of rotatable bonds is 8. The molecular weight excluding hydrogens is 180 g/mol. The van der Waals surface area contributed by atoms with E-state index in [2.05, 4.69) is 10.6 Å². The van der Waals surface area contributed by atoms with Crippen molar-refractivity contribution in [2.45, 2.75) is 32.8 Å². The van der Waals surface area contributed by atoms with Crippen molar-refractivity contribution in [1.82, 2.24) is 10.6 Å². The fourth-order valence-electron chi connectivity index (χ4n) is 0.999. The van der Waals surface area contributed by atoms with Crippen molar-refractivity contribution in [1.29, 1.82) is 0 Å². The van der Waals surface area contributed by atoms with Crippen molar-refractivity contribution in [3.8, 4) is 0 Å². The summed E-state index contributed by atoms with van der Waals surface area (Å²) in [7, 11) is 1.88. The Morgan fingerprint density at radius 2 is 2.07 bits per heavy atom. The van der Waals surface area contributed by atoms with Crippen molar-refractivity contribution in [3.05, 3.63) is 0 Å². The standard InChI is InChI=1S/C10H22N2O2/c1-9(2)14-8-7-12-10(13)5-4-6-11-3/h9,11H,4-8H2,1-3H3,(H,12,13). The molecule has 0 aromatic carbocycles. The number of carbonyl (C=O) groups is 1. The molecule has 14 heavy (non-hydrogen) atoms. The van der Waals surface area contributed by atoms with Crippen LogP contribution in [0.5, 0.6) is 0 Å². The molecule has 84 valence electrons. The minimum Gasteiger partial charge on any atom is -0.377 e. The summed E-state index contributed by atoms with van der Waals surface area (Å²) in [4.78, 5) is 11.2. The lowest BCUT2D eigenvalue weighted by Crippen LogP contribution is -2.28. The van der Waals surface area contributed by atoms with Gasteiger partial charge in [-0.2, -0.15) is 0 Å². The predicted molar refractivity (Wildman–Crippen MR) is 57.3 cm³/mol. The molecular formula is C10H22N2O2. The van der Waals surface area contributed by atoms with Crippen LogP contribution < -0.4 is 10.6 Å². The highest BCUT2D eigenvalue weighted by Gasteiger charge is 1.99. The lowest BCUT2D eigenvalue weighted by molar-refractivity contribution is -0.121. The highest BCUT2D eigenvalue weighted by atomic mass is 16.5. The zero-order chi connectivity index (χ0) is 10.8. The Balaban J connectivity index is 3.18. The number of ether oxygens (including phenoxy) is 1. The van der Waals surface area contributed by atoms with Crippen LogP contribution in [0.3, 0.4) is 0 Å². The third-order valence-electron chi connectivity index (χ3n) is 1.71. The van der Waals surface area contributed by atoms with Crippen molar-refractivity contribution < 1.29 is 9.53 Å². The van der Waals surface area contributed by atoms with Gasteiger partial charge in [0.25, 0.3) is 0 Å². The van der Waals surface area contributed by atoms with Crippen molar-refractivity contribution in [3.63, 3.8) is 0 Å². The molecule has 0 rings (SSSR count). The minimum absolute atomic E-state index is 0.104. The largest absolute Gasteiger partial charge is 0.377 e. The van der Waals surface area contributed by atoms with Crippen LogP contribution in [0.4, 0.5) is 0 Å². The maximum atomic E-state index is 11.2. The van der Waals surface area contributed by atoms with Gasteiger partial charge in [0.05, 0.1) is 12.7 Å². The molecule has 0 saturated heterocycles. The van der Waals surface area contributed by atoms with E-state index in [1.54, 1.807) is 0 Å². The Hall–Kier alpha value is -0.610. The van der Waals surface area contributed by atoms with E-state index in [1.807, 2.05) is 20.9 Å². The molecule has 1 amide bonds. The van der Waals surface area contributed by atoms with Crippen LogP contribution in [0, 0.1) is 0 Å². The van der Waals surface area contributed by atoms with E-state index in [0.29, 0.717) is 19.6 Å². The fourth-order valence-corrected chi connectivity index (χ4v) is 0.999. The van der Waals surface area contributed by atoms with Crippen LogP contribution in [0.2, 0.25) is 0 Å². The zero-order valence-electron chi connectivity index (χ0n) is 9.43. The van der Waals surface area contributed by atoms with Gasteiger partial charge >= 0.3 is 0 Å². The van der Waals surface area contributed by atoms with Crippen LogP contribution in [-0.2, 0) is 9.53 Å². The second kappa shape index (κ2) is 8.97. The molecule has 0 saturated carbocycles. The Kier molecular flexibility index (Phi) is 8.57. The third-order valence-corrected chi connectivity index (χ3v) is 1.71. The smallest absolute Gasteiger partial charge is 0.220 e. The molecule has 0 heterocycles. The Bertz CT molecular complexity index is 149. The van der Waals surface area contributed by atoms with Gasteiger partial charge in [-0.1, -0.05) is 0 Å². The summed E-state index contributed by atoms with van der Waals surface area (Å²) in [5.74, 6) is 0.104. The number of carbonyl (C=O) groups excluding carboxylic acids is 1. The van der Waals surface area contributed by atoms with Gasteiger partial charge in [0.2, 0.25) is 5.91 Å². The molecule has 4 nitrogen and oxygen atoms in total. The molecule has 0 atom stereocenters. The van der Waals surface area contributed by atoms with Crippen molar-refractivity contribution in [2.24, 2.45) is 0 Å². The first-order valence-corrected chi connectivity index (χ1v) is 5.19. The summed E-state index contributed by atoms with van der Waals surface area (Å²) in [6.07, 6.45) is 1.70. The van der Waals surface area contributed by atoms with Gasteiger partial charge in [0, 0.05) is 13.0 Å². The van der Waals surface area contributed by atoms with Gasteiger partial charge in [-0.25, -0.2) is 0 Å². The third kappa shape index (κ3) is 9.48. The Labute approximate surface area is 86.4 Å². The van der Waals surface area contributed by atoms with Crippen LogP contribution in [0.15, 0.2) is 0 Å². The molecule has 4 heteroatoms. The monoisotopic (exact) mass is 202 g/mol. The molecule has 0 aliphatic carbocycles. The number of hydrogen-bond donors (Lipinski definition) is 2. The van der Waals surface area contributed by atoms with E-state index in [0.717, 1.165) is 13.0 Å². The van der Waals surface area contributed by atoms with Gasteiger partial charge < -0.3 is 15.4 Å². The Morgan fingerprint density at radius 3 is 2.64 bits per heavy atom. The molecule has 0 aromatic heterocycles. The summed E-state index contributed by atoms with van der Waals surface area (Å²) < 4.78 is 5.29. The second-order valence-corrected chi connectivity index (χ2v) is 3.48. The maximum absolute atomic E-state index is 11.2. The highest BCUT2D eigenvalue weighted by molar-refractivity contribution is 5.75. The van der Waals surface area contributed by atoms with Crippen LogP contribution >= 0.6 is 0 Å². The van der Waals surface area contributed by atoms with E-state index in [-0.39, 0.29) is 12.0 Å². The first-order valence-electron chi connectivity index (χ1n) is 5.19. The number of nitrogens with one attached hydrogen (secondary N) is 2. The molecule has 0 radical (unpaired) electrons. The highest BCUT2D eigenvalue weighted by Crippen LogP contribution is 1.88. The molecule has 0 aliphatic heterocycles. The van der Waals surface area contributed by atoms with Crippen molar-refractivity contribution in [2.75, 3.05) is 26.7 Å². The molecule has 2 N–H and O–H groups in total. The topological polar surface area (TPSA) is 50.4 Å². The summed E-state index contributed by atoms with van der Waals surface area (Å²) in [5, 5.41) is 5.81. The molecule has 0 aromatic rings. The van der Waals surface area contributed by atoms with Crippen LogP contribution in [0.1, 0.15) is 26.7 Å². The van der Waals surface area contributed by atoms with E-state index in [1.165, 1.54) is 0 Å². The Morgan fingerprint density at radius 1 is 1.36 bits per heavy atom. The van der Waals surface area contributed by atoms with Gasteiger partial charge in [-0.05, 0) is 33.9 Å². The van der Waals surface area contributed by atoms with Crippen LogP contribution in [-0.4, -0.2) is 38.8 Å². The average Bonchev–Trinajstić information content (AvgIpc) is 2.13. The normalized spacial score (nSPS) is 10.6. The van der Waals surface area contributed by atoms with Gasteiger partial charge in [-0.3, -0.25) is 4.79 Å². The first-order chi connectivity index (χ1) is 6.66. The minimum atomic E-state index is 0.104. The van der Waals surface area contributed by atoms with Gasteiger partial charge in [0.15, 0.2) is 0 Å². The van der Waals surface area contributed by atoms with E-state index in [9.17, 15) is 4.79 Å². The molecule has 0 aliphatic rings. The first kappa shape index (κ1) is 13.4. The quantitative estimate of drug-likeness (QED) is 0.564. The maximum Gasteiger partial charge on any atom is 0.220 e. The number of hydrogen-bond acceptors (Lipinski definition) is 3. The predicted octanol–water partition coefficient (Wildman–Crippen LogP) is 0.527. The van der Waals surface area contributed by atoms with Crippen molar-refractivity contribution >= 4 is 5.91 Å². The summed E-state index contributed by atoms with van der Waals surface area (Å²) >= 11 is 0. The number of amides is 1. The summed E-state index contributed by atoms with van der Waals surface area (Å²) in [6.45, 7) is 6.05. The van der Waals surface area contributed by atoms with E-state index in [4.69, 9.17) is 4.74 Å². The molecule has 0 fully saturated rings. The average molecular weight is 202 g/mol. The molecule has 0 spiro atoms. The van der Waals surface area contributed by atoms with Gasteiger partial charge in [0.1, 0.15) is 0 Å². The SMILES string of the molecule is CNCCCC(=O)NCCOC(C)C. The molecule has 0 unspecified atom stereocenters. The zero-order valence-corrected chi connectivity index (χ0v) is 9.43. The van der Waals surface area contributed by atoms with Gasteiger partial charge in [-0.15, -0.1) is 0 Å². The van der Waals surface area contributed by atoms with E-state index < -0.39 is 0 Å². The summed E-state index contributed by atoms with van der Waals surface area (Å²) in [6, 6.07) is 0. The summed E-state index contributed by atoms with van der Waals surface area (Å²) in [5.41, 5.74) is 0. The van der Waals surface area contributed by atoms with Crippen LogP contribution in [0.25, 0.3) is 0 Å². The molecule has 0 bridgehead atoms.